The lowest BCUT2D eigenvalue weighted by atomic mass is 9.96. The van der Waals surface area contributed by atoms with E-state index in [0.717, 1.165) is 5.56 Å². The van der Waals surface area contributed by atoms with Crippen molar-refractivity contribution in [1.82, 2.24) is 4.98 Å². The fourth-order valence-electron chi connectivity index (χ4n) is 1.88. The molecule has 2 heterocycles. The second-order valence-corrected chi connectivity index (χ2v) is 5.34. The van der Waals surface area contributed by atoms with Crippen LogP contribution in [0.15, 0.2) is 12.3 Å². The number of thioether (sulfide) groups is 1. The number of halogens is 1. The van der Waals surface area contributed by atoms with E-state index in [1.54, 1.807) is 0 Å². The lowest BCUT2D eigenvalue weighted by molar-refractivity contribution is 0.656. The summed E-state index contributed by atoms with van der Waals surface area (Å²) < 4.78 is 0. The first kappa shape index (κ1) is 11.2. The van der Waals surface area contributed by atoms with E-state index < -0.39 is 0 Å². The molecule has 1 fully saturated rings. The van der Waals surface area contributed by atoms with Gasteiger partial charge in [-0.25, -0.2) is 4.98 Å². The maximum Gasteiger partial charge on any atom is 0.133 e. The zero-order valence-corrected chi connectivity index (χ0v) is 10.2. The molecule has 1 aromatic heterocycles. The van der Waals surface area contributed by atoms with Crippen LogP contribution in [-0.2, 0) is 6.54 Å². The van der Waals surface area contributed by atoms with Crippen molar-refractivity contribution in [2.45, 2.75) is 25.3 Å². The summed E-state index contributed by atoms with van der Waals surface area (Å²) in [7, 11) is 0. The maximum absolute atomic E-state index is 5.94. The summed E-state index contributed by atoms with van der Waals surface area (Å²) in [5, 5.41) is 0.546. The van der Waals surface area contributed by atoms with Crippen molar-refractivity contribution < 1.29 is 0 Å². The Morgan fingerprint density at radius 2 is 2.47 bits per heavy atom. The van der Waals surface area contributed by atoms with Gasteiger partial charge in [-0.1, -0.05) is 11.6 Å². The van der Waals surface area contributed by atoms with Gasteiger partial charge in [0, 0.05) is 24.1 Å². The highest BCUT2D eigenvalue weighted by Crippen LogP contribution is 2.31. The van der Waals surface area contributed by atoms with Crippen LogP contribution in [0.3, 0.4) is 0 Å². The van der Waals surface area contributed by atoms with Crippen molar-refractivity contribution in [2.24, 2.45) is 5.73 Å². The molecule has 0 bridgehead atoms. The predicted molar refractivity (Wildman–Crippen MR) is 66.4 cm³/mol. The lowest BCUT2D eigenvalue weighted by Gasteiger charge is -2.21. The summed E-state index contributed by atoms with van der Waals surface area (Å²) in [5.74, 6) is 3.13. The molecule has 2 N–H and O–H groups in total. The number of nitrogens with two attached hydrogens (primary N) is 1. The van der Waals surface area contributed by atoms with Gasteiger partial charge in [-0.05, 0) is 36.1 Å². The summed E-state index contributed by atoms with van der Waals surface area (Å²) in [6.07, 6.45) is 4.47. The van der Waals surface area contributed by atoms with E-state index in [2.05, 4.69) is 11.1 Å². The van der Waals surface area contributed by atoms with Crippen LogP contribution in [-0.4, -0.2) is 16.5 Å². The second kappa shape index (κ2) is 5.19. The third-order valence-electron chi connectivity index (χ3n) is 2.78. The molecular formula is C11H15ClN2S. The van der Waals surface area contributed by atoms with Gasteiger partial charge in [0.15, 0.2) is 0 Å². The van der Waals surface area contributed by atoms with Gasteiger partial charge in [-0.3, -0.25) is 0 Å². The van der Waals surface area contributed by atoms with Gasteiger partial charge in [0.05, 0.1) is 0 Å². The summed E-state index contributed by atoms with van der Waals surface area (Å²) in [6, 6.07) is 2.12. The van der Waals surface area contributed by atoms with Crippen LogP contribution in [0.2, 0.25) is 5.15 Å². The van der Waals surface area contributed by atoms with Crippen LogP contribution in [0, 0.1) is 0 Å². The monoisotopic (exact) mass is 242 g/mol. The highest BCUT2D eigenvalue weighted by Gasteiger charge is 2.17. The molecule has 0 amide bonds. The van der Waals surface area contributed by atoms with E-state index in [9.17, 15) is 0 Å². The SMILES string of the molecule is NCc1cc(C2CCCSC2)cnc1Cl. The van der Waals surface area contributed by atoms with E-state index in [0.29, 0.717) is 17.6 Å². The molecule has 4 heteroatoms. The van der Waals surface area contributed by atoms with Crippen LogP contribution < -0.4 is 5.73 Å². The molecule has 1 aliphatic heterocycles. The molecule has 1 aliphatic rings. The largest absolute Gasteiger partial charge is 0.326 e. The Morgan fingerprint density at radius 3 is 3.13 bits per heavy atom. The Hall–Kier alpha value is -0.250. The molecule has 82 valence electrons. The molecule has 15 heavy (non-hydrogen) atoms. The van der Waals surface area contributed by atoms with Crippen molar-refractivity contribution in [3.8, 4) is 0 Å². The normalized spacial score (nSPS) is 21.6. The minimum Gasteiger partial charge on any atom is -0.326 e. The van der Waals surface area contributed by atoms with Gasteiger partial charge in [-0.2, -0.15) is 11.8 Å². The fraction of sp³-hybridized carbons (Fsp3) is 0.545. The average molecular weight is 243 g/mol. The first-order valence-corrected chi connectivity index (χ1v) is 6.76. The van der Waals surface area contributed by atoms with Crippen LogP contribution >= 0.6 is 23.4 Å². The van der Waals surface area contributed by atoms with E-state index in [1.165, 1.54) is 29.9 Å². The molecule has 2 nitrogen and oxygen atoms in total. The zero-order valence-electron chi connectivity index (χ0n) is 8.58. The molecule has 0 saturated carbocycles. The number of hydrogen-bond donors (Lipinski definition) is 1. The Labute approximate surface area is 99.6 Å². The van der Waals surface area contributed by atoms with Gasteiger partial charge in [0.2, 0.25) is 0 Å². The van der Waals surface area contributed by atoms with Crippen molar-refractivity contribution in [3.63, 3.8) is 0 Å². The summed E-state index contributed by atoms with van der Waals surface area (Å²) >= 11 is 7.96. The van der Waals surface area contributed by atoms with Crippen LogP contribution in [0.1, 0.15) is 29.9 Å². The average Bonchev–Trinajstić information content (AvgIpc) is 2.31. The summed E-state index contributed by atoms with van der Waals surface area (Å²) in [6.45, 7) is 0.472. The molecule has 1 aromatic rings. The first-order valence-electron chi connectivity index (χ1n) is 5.23. The standard InChI is InChI=1S/C11H15ClN2S/c12-11-9(5-13)4-10(6-14-11)8-2-1-3-15-7-8/h4,6,8H,1-3,5,7,13H2. The van der Waals surface area contributed by atoms with Crippen molar-refractivity contribution in [1.29, 1.82) is 0 Å². The lowest BCUT2D eigenvalue weighted by Crippen LogP contribution is -2.10. The Balaban J connectivity index is 2.20. The third-order valence-corrected chi connectivity index (χ3v) is 4.34. The van der Waals surface area contributed by atoms with Crippen molar-refractivity contribution in [3.05, 3.63) is 28.5 Å². The Kier molecular flexibility index (Phi) is 3.89. The molecule has 0 radical (unpaired) electrons. The second-order valence-electron chi connectivity index (χ2n) is 3.84. The van der Waals surface area contributed by atoms with Gasteiger partial charge in [-0.15, -0.1) is 0 Å². The van der Waals surface area contributed by atoms with E-state index >= 15 is 0 Å². The van der Waals surface area contributed by atoms with Crippen LogP contribution in [0.25, 0.3) is 0 Å². The Morgan fingerprint density at radius 1 is 1.60 bits per heavy atom. The molecule has 1 unspecified atom stereocenters. The van der Waals surface area contributed by atoms with E-state index in [-0.39, 0.29) is 0 Å². The maximum atomic E-state index is 5.94. The fourth-order valence-corrected chi connectivity index (χ4v) is 3.24. The summed E-state index contributed by atoms with van der Waals surface area (Å²) in [4.78, 5) is 4.20. The topological polar surface area (TPSA) is 38.9 Å². The predicted octanol–water partition coefficient (Wildman–Crippen LogP) is 2.80. The first-order chi connectivity index (χ1) is 7.31. The van der Waals surface area contributed by atoms with Crippen LogP contribution in [0.4, 0.5) is 0 Å². The minimum atomic E-state index is 0.472. The number of pyridine rings is 1. The smallest absolute Gasteiger partial charge is 0.133 e. The van der Waals surface area contributed by atoms with Crippen molar-refractivity contribution in [2.75, 3.05) is 11.5 Å². The van der Waals surface area contributed by atoms with E-state index in [1.807, 2.05) is 18.0 Å². The quantitative estimate of drug-likeness (QED) is 0.811. The molecule has 0 aliphatic carbocycles. The van der Waals surface area contributed by atoms with Gasteiger partial charge < -0.3 is 5.73 Å². The summed E-state index contributed by atoms with van der Waals surface area (Å²) in [5.41, 5.74) is 7.88. The molecule has 2 rings (SSSR count). The van der Waals surface area contributed by atoms with E-state index in [4.69, 9.17) is 17.3 Å². The number of aromatic nitrogens is 1. The molecule has 1 atom stereocenters. The molecular weight excluding hydrogens is 228 g/mol. The number of hydrogen-bond acceptors (Lipinski definition) is 3. The molecule has 1 saturated heterocycles. The minimum absolute atomic E-state index is 0.472. The van der Waals surface area contributed by atoms with Gasteiger partial charge in [0.1, 0.15) is 5.15 Å². The van der Waals surface area contributed by atoms with Gasteiger partial charge in [0.25, 0.3) is 0 Å². The number of nitrogens with zero attached hydrogens (tertiary/aromatic N) is 1. The number of rotatable bonds is 2. The third kappa shape index (κ3) is 2.65. The Bertz CT molecular complexity index is 337. The highest BCUT2D eigenvalue weighted by molar-refractivity contribution is 7.99. The van der Waals surface area contributed by atoms with Gasteiger partial charge >= 0.3 is 0 Å². The van der Waals surface area contributed by atoms with Crippen molar-refractivity contribution >= 4 is 23.4 Å². The molecule has 0 spiro atoms. The zero-order chi connectivity index (χ0) is 10.7. The highest BCUT2D eigenvalue weighted by atomic mass is 35.5. The molecule has 0 aromatic carbocycles. The van der Waals surface area contributed by atoms with Crippen LogP contribution in [0.5, 0.6) is 0 Å².